The number of esters is 1. The van der Waals surface area contributed by atoms with Crippen molar-refractivity contribution in [3.05, 3.63) is 95.6 Å². The smallest absolute Gasteiger partial charge is 0.338 e. The number of amides is 2. The first-order chi connectivity index (χ1) is 17.0. The van der Waals surface area contributed by atoms with E-state index in [0.29, 0.717) is 35.8 Å². The zero-order valence-corrected chi connectivity index (χ0v) is 19.5. The van der Waals surface area contributed by atoms with Crippen molar-refractivity contribution < 1.29 is 28.6 Å². The zero-order valence-electron chi connectivity index (χ0n) is 19.5. The molecule has 2 N–H and O–H groups in total. The molecule has 3 aromatic carbocycles. The number of ether oxygens (including phenoxy) is 3. The first kappa shape index (κ1) is 25.3. The van der Waals surface area contributed by atoms with Crippen LogP contribution in [0.1, 0.15) is 39.6 Å². The lowest BCUT2D eigenvalue weighted by atomic mass is 10.2. The summed E-state index contributed by atoms with van der Waals surface area (Å²) < 4.78 is 16.1. The minimum absolute atomic E-state index is 0.311. The van der Waals surface area contributed by atoms with Gasteiger partial charge in [-0.3, -0.25) is 20.4 Å². The number of carbonyl (C=O) groups is 3. The van der Waals surface area contributed by atoms with Crippen molar-refractivity contribution in [2.24, 2.45) is 0 Å². The van der Waals surface area contributed by atoms with Gasteiger partial charge in [0.05, 0.1) is 18.8 Å². The third-order valence-corrected chi connectivity index (χ3v) is 4.83. The molecule has 0 heterocycles. The van der Waals surface area contributed by atoms with Crippen molar-refractivity contribution in [1.82, 2.24) is 10.9 Å². The average Bonchev–Trinajstić information content (AvgIpc) is 2.90. The van der Waals surface area contributed by atoms with E-state index in [9.17, 15) is 14.4 Å². The number of benzene rings is 3. The van der Waals surface area contributed by atoms with Gasteiger partial charge in [-0.2, -0.15) is 0 Å². The first-order valence-electron chi connectivity index (χ1n) is 11.3. The Morgan fingerprint density at radius 3 is 2.00 bits per heavy atom. The van der Waals surface area contributed by atoms with Gasteiger partial charge in [0.1, 0.15) is 11.5 Å². The third kappa shape index (κ3) is 8.51. The van der Waals surface area contributed by atoms with E-state index in [1.54, 1.807) is 48.5 Å². The van der Waals surface area contributed by atoms with E-state index >= 15 is 0 Å². The van der Waals surface area contributed by atoms with Crippen LogP contribution in [0.25, 0.3) is 0 Å². The van der Waals surface area contributed by atoms with E-state index < -0.39 is 17.8 Å². The Hall–Kier alpha value is -4.33. The molecule has 0 aliphatic rings. The van der Waals surface area contributed by atoms with Crippen LogP contribution < -0.4 is 20.3 Å². The maximum absolute atomic E-state index is 12.3. The Morgan fingerprint density at radius 2 is 1.34 bits per heavy atom. The normalized spacial score (nSPS) is 10.2. The van der Waals surface area contributed by atoms with Gasteiger partial charge in [-0.05, 0) is 60.5 Å². The number of rotatable bonds is 11. The molecule has 182 valence electrons. The Labute approximate surface area is 204 Å². The lowest BCUT2D eigenvalue weighted by Gasteiger charge is -2.10. The lowest BCUT2D eigenvalue weighted by Crippen LogP contribution is -2.43. The van der Waals surface area contributed by atoms with Gasteiger partial charge in [-0.15, -0.1) is 0 Å². The van der Waals surface area contributed by atoms with Crippen LogP contribution in [0.2, 0.25) is 0 Å². The summed E-state index contributed by atoms with van der Waals surface area (Å²) in [7, 11) is 0. The molecule has 2 amide bonds. The van der Waals surface area contributed by atoms with E-state index in [-0.39, 0.29) is 6.61 Å². The molecule has 0 radical (unpaired) electrons. The molecule has 0 aliphatic heterocycles. The SMILES string of the molecule is CCCOC(=O)c1ccc(OCC(=O)NNC(=O)c2ccc(OCCc3ccccc3)cc2)cc1. The Bertz CT molecular complexity index is 1100. The molecule has 0 aliphatic carbocycles. The van der Waals surface area contributed by atoms with Gasteiger partial charge >= 0.3 is 5.97 Å². The Balaban J connectivity index is 1.36. The molecule has 0 unspecified atom stereocenters. The van der Waals surface area contributed by atoms with Gasteiger partial charge < -0.3 is 14.2 Å². The van der Waals surface area contributed by atoms with Crippen molar-refractivity contribution in [2.45, 2.75) is 19.8 Å². The van der Waals surface area contributed by atoms with Crippen molar-refractivity contribution in [3.63, 3.8) is 0 Å². The van der Waals surface area contributed by atoms with Crippen molar-refractivity contribution >= 4 is 17.8 Å². The summed E-state index contributed by atoms with van der Waals surface area (Å²) in [6.45, 7) is 2.48. The second-order valence-corrected chi connectivity index (χ2v) is 7.56. The molecule has 3 aromatic rings. The highest BCUT2D eigenvalue weighted by Gasteiger charge is 2.10. The number of hydrogen-bond donors (Lipinski definition) is 2. The van der Waals surface area contributed by atoms with Gasteiger partial charge in [0, 0.05) is 12.0 Å². The van der Waals surface area contributed by atoms with Gasteiger partial charge in [0.25, 0.3) is 11.8 Å². The predicted molar refractivity (Wildman–Crippen MR) is 130 cm³/mol. The van der Waals surface area contributed by atoms with Crippen molar-refractivity contribution in [2.75, 3.05) is 19.8 Å². The predicted octanol–water partition coefficient (Wildman–Crippen LogP) is 3.71. The van der Waals surface area contributed by atoms with Crippen LogP contribution in [0.15, 0.2) is 78.9 Å². The zero-order chi connectivity index (χ0) is 24.9. The Kier molecular flexibility index (Phi) is 9.68. The topological polar surface area (TPSA) is 103 Å². The number of nitrogens with one attached hydrogen (secondary N) is 2. The van der Waals surface area contributed by atoms with Gasteiger partial charge in [-0.1, -0.05) is 37.3 Å². The summed E-state index contributed by atoms with van der Waals surface area (Å²) in [6, 6.07) is 22.9. The highest BCUT2D eigenvalue weighted by molar-refractivity contribution is 5.95. The molecule has 8 heteroatoms. The molecular weight excluding hydrogens is 448 g/mol. The number of carbonyl (C=O) groups excluding carboxylic acids is 3. The van der Waals surface area contributed by atoms with Crippen LogP contribution in [0.5, 0.6) is 11.5 Å². The second-order valence-electron chi connectivity index (χ2n) is 7.56. The highest BCUT2D eigenvalue weighted by atomic mass is 16.5. The van der Waals surface area contributed by atoms with Crippen LogP contribution in [0.4, 0.5) is 0 Å². The minimum atomic E-state index is -0.536. The summed E-state index contributed by atoms with van der Waals surface area (Å²) in [6.07, 6.45) is 1.53. The molecule has 0 bridgehead atoms. The molecule has 0 fully saturated rings. The van der Waals surface area contributed by atoms with Crippen LogP contribution in [-0.4, -0.2) is 37.6 Å². The number of hydrogen-bond acceptors (Lipinski definition) is 6. The first-order valence-corrected chi connectivity index (χ1v) is 11.3. The summed E-state index contributed by atoms with van der Waals surface area (Å²) in [5.41, 5.74) is 6.60. The van der Waals surface area contributed by atoms with E-state index in [4.69, 9.17) is 14.2 Å². The molecule has 0 spiro atoms. The van der Waals surface area contributed by atoms with Gasteiger partial charge in [0.2, 0.25) is 0 Å². The van der Waals surface area contributed by atoms with Gasteiger partial charge in [0.15, 0.2) is 6.61 Å². The fourth-order valence-electron chi connectivity index (χ4n) is 2.98. The second kappa shape index (κ2) is 13.4. The molecule has 8 nitrogen and oxygen atoms in total. The van der Waals surface area contributed by atoms with Crippen LogP contribution in [0.3, 0.4) is 0 Å². The Morgan fingerprint density at radius 1 is 0.714 bits per heavy atom. The largest absolute Gasteiger partial charge is 0.493 e. The highest BCUT2D eigenvalue weighted by Crippen LogP contribution is 2.14. The van der Waals surface area contributed by atoms with Crippen LogP contribution in [0, 0.1) is 0 Å². The van der Waals surface area contributed by atoms with E-state index in [0.717, 1.165) is 12.8 Å². The molecular formula is C27H28N2O6. The maximum atomic E-state index is 12.3. The molecule has 0 saturated heterocycles. The van der Waals surface area contributed by atoms with Crippen molar-refractivity contribution in [3.8, 4) is 11.5 Å². The van der Waals surface area contributed by atoms with E-state index in [2.05, 4.69) is 10.9 Å². The molecule has 3 rings (SSSR count). The maximum Gasteiger partial charge on any atom is 0.338 e. The van der Waals surface area contributed by atoms with E-state index in [1.807, 2.05) is 37.3 Å². The van der Waals surface area contributed by atoms with Gasteiger partial charge in [-0.25, -0.2) is 4.79 Å². The standard InChI is InChI=1S/C27H28N2O6/c1-2-17-34-27(32)22-10-14-24(15-11-22)35-19-25(30)28-29-26(31)21-8-12-23(13-9-21)33-18-16-20-6-4-3-5-7-20/h3-15H,2,16-19H2,1H3,(H,28,30)(H,29,31). The number of hydrazine groups is 1. The molecule has 0 saturated carbocycles. The monoisotopic (exact) mass is 476 g/mol. The minimum Gasteiger partial charge on any atom is -0.493 e. The summed E-state index contributed by atoms with van der Waals surface area (Å²) in [5.74, 6) is -0.360. The third-order valence-electron chi connectivity index (χ3n) is 4.83. The van der Waals surface area contributed by atoms with Crippen LogP contribution >= 0.6 is 0 Å². The molecule has 0 atom stereocenters. The quantitative estimate of drug-likeness (QED) is 0.323. The fourth-order valence-corrected chi connectivity index (χ4v) is 2.98. The fraction of sp³-hybridized carbons (Fsp3) is 0.222. The lowest BCUT2D eigenvalue weighted by molar-refractivity contribution is -0.123. The summed E-state index contributed by atoms with van der Waals surface area (Å²) in [5, 5.41) is 0. The van der Waals surface area contributed by atoms with Crippen molar-refractivity contribution in [1.29, 1.82) is 0 Å². The van der Waals surface area contributed by atoms with E-state index in [1.165, 1.54) is 5.56 Å². The van der Waals surface area contributed by atoms with Crippen LogP contribution in [-0.2, 0) is 16.0 Å². The summed E-state index contributed by atoms with van der Waals surface area (Å²) >= 11 is 0. The summed E-state index contributed by atoms with van der Waals surface area (Å²) in [4.78, 5) is 36.0. The molecule has 35 heavy (non-hydrogen) atoms. The molecule has 0 aromatic heterocycles. The average molecular weight is 477 g/mol.